The first-order chi connectivity index (χ1) is 17.2. The molecule has 0 saturated carbocycles. The van der Waals surface area contributed by atoms with E-state index < -0.39 is 70.0 Å². The molecule has 1 heterocycles. The molecule has 0 aliphatic heterocycles. The Kier molecular flexibility index (Phi) is 13.7. The summed E-state index contributed by atoms with van der Waals surface area (Å²) in [6.45, 7) is 0.198. The molecule has 0 saturated heterocycles. The lowest BCUT2D eigenvalue weighted by atomic mass is 10.3. The minimum atomic E-state index is -4.99. The van der Waals surface area contributed by atoms with E-state index in [1.165, 1.54) is 6.34 Å². The van der Waals surface area contributed by atoms with Crippen molar-refractivity contribution in [3.63, 3.8) is 0 Å². The van der Waals surface area contributed by atoms with E-state index in [1.807, 2.05) is 18.7 Å². The number of hydrogen-bond acceptors (Lipinski definition) is 7. The lowest BCUT2D eigenvalue weighted by molar-refractivity contribution is -0.166. The van der Waals surface area contributed by atoms with Gasteiger partial charge in [-0.3, -0.25) is 18.2 Å². The summed E-state index contributed by atoms with van der Waals surface area (Å²) in [4.78, 5) is 21.6. The van der Waals surface area contributed by atoms with Crippen molar-refractivity contribution in [1.29, 1.82) is 0 Å². The predicted molar refractivity (Wildman–Crippen MR) is 120 cm³/mol. The van der Waals surface area contributed by atoms with E-state index in [9.17, 15) is 40.1 Å². The fourth-order valence-electron chi connectivity index (χ4n) is 2.59. The lowest BCUT2D eigenvalue weighted by Gasteiger charge is -2.20. The topological polar surface area (TPSA) is 95.2 Å². The van der Waals surface area contributed by atoms with Crippen LogP contribution in [0.4, 0.5) is 36.6 Å². The summed E-state index contributed by atoms with van der Waals surface area (Å²) in [6.07, 6.45) is -5.39. The van der Waals surface area contributed by atoms with E-state index >= 15 is 0 Å². The molecule has 0 unspecified atom stereocenters. The largest absolute Gasteiger partial charge is 0.412 e. The highest BCUT2D eigenvalue weighted by Gasteiger charge is 2.38. The maximum absolute atomic E-state index is 14.4. The number of ether oxygens (including phenoxy) is 1. The highest BCUT2D eigenvalue weighted by molar-refractivity contribution is 7.53. The number of halogens is 7. The van der Waals surface area contributed by atoms with Crippen molar-refractivity contribution in [3.05, 3.63) is 22.5 Å². The minimum absolute atomic E-state index is 0.412. The monoisotopic (exact) mass is 570 g/mol. The second kappa shape index (κ2) is 15.4. The Hall–Kier alpha value is -2.03. The van der Waals surface area contributed by atoms with E-state index in [-0.39, 0.29) is 0 Å². The van der Waals surface area contributed by atoms with E-state index in [0.717, 1.165) is 36.4 Å². The van der Waals surface area contributed by atoms with Crippen molar-refractivity contribution in [1.82, 2.24) is 14.5 Å². The zero-order valence-corrected chi connectivity index (χ0v) is 21.3. The second-order valence-corrected chi connectivity index (χ2v) is 9.80. The van der Waals surface area contributed by atoms with Crippen LogP contribution in [-0.4, -0.2) is 72.4 Å². The molecule has 0 aromatic carbocycles. The molecule has 0 amide bonds. The first-order valence-electron chi connectivity index (χ1n) is 11.3. The van der Waals surface area contributed by atoms with Gasteiger partial charge in [0.1, 0.15) is 6.35 Å². The molecule has 1 aromatic rings. The molecule has 0 aliphatic rings. The number of hydrogen-bond donors (Lipinski definition) is 0. The first kappa shape index (κ1) is 33.0. The molecule has 214 valence electrons. The highest BCUT2D eigenvalue weighted by atomic mass is 31.2. The fraction of sp³-hybridized carbons (Fsp3) is 0.750. The van der Waals surface area contributed by atoms with Gasteiger partial charge in [-0.05, 0) is 12.8 Å². The van der Waals surface area contributed by atoms with Gasteiger partial charge in [-0.15, -0.1) is 0 Å². The molecule has 0 radical (unpaired) electrons. The van der Waals surface area contributed by atoms with Crippen LogP contribution in [0.25, 0.3) is 0 Å². The van der Waals surface area contributed by atoms with Gasteiger partial charge < -0.3 is 9.64 Å². The normalized spacial score (nSPS) is 13.0. The summed E-state index contributed by atoms with van der Waals surface area (Å²) in [5.74, 6) is -1.40. The Morgan fingerprint density at radius 2 is 1.59 bits per heavy atom. The van der Waals surface area contributed by atoms with Crippen LogP contribution in [0.3, 0.4) is 0 Å². The van der Waals surface area contributed by atoms with Gasteiger partial charge >= 0.3 is 25.6 Å². The molecular weight excluding hydrogens is 540 g/mol. The molecule has 0 spiro atoms. The first-order valence-corrected chi connectivity index (χ1v) is 13.1. The van der Waals surface area contributed by atoms with Crippen LogP contribution < -0.4 is 5.69 Å². The summed E-state index contributed by atoms with van der Waals surface area (Å²) in [7, 11) is -4.96. The third-order valence-electron chi connectivity index (χ3n) is 4.45. The average Bonchev–Trinajstić information content (AvgIpc) is 2.80. The molecule has 0 N–H and O–H groups in total. The molecule has 17 heteroatoms. The van der Waals surface area contributed by atoms with Crippen molar-refractivity contribution in [2.75, 3.05) is 39.3 Å². The molecule has 0 fully saturated rings. The molecule has 1 rings (SSSR count). The number of aromatic nitrogens is 2. The molecule has 0 aliphatic carbocycles. The smallest absolute Gasteiger partial charge is 0.367 e. The fourth-order valence-corrected chi connectivity index (χ4v) is 3.85. The Bertz CT molecular complexity index is 926. The quantitative estimate of drug-likeness (QED) is 0.0828. The van der Waals surface area contributed by atoms with Gasteiger partial charge in [0.2, 0.25) is 0 Å². The Labute approximate surface area is 209 Å². The lowest BCUT2D eigenvalue weighted by Crippen LogP contribution is -2.26. The molecular formula is C20H30F7N4O5P. The second-order valence-electron chi connectivity index (χ2n) is 7.80. The third kappa shape index (κ3) is 14.5. The average molecular weight is 570 g/mol. The maximum atomic E-state index is 14.4. The van der Waals surface area contributed by atoms with E-state index in [2.05, 4.69) is 19.0 Å². The van der Waals surface area contributed by atoms with Crippen LogP contribution in [0.2, 0.25) is 0 Å². The summed E-state index contributed by atoms with van der Waals surface area (Å²) < 4.78 is 114. The van der Waals surface area contributed by atoms with Gasteiger partial charge in [-0.25, -0.2) is 14.2 Å². The van der Waals surface area contributed by atoms with Crippen LogP contribution in [0.1, 0.15) is 39.5 Å². The van der Waals surface area contributed by atoms with Gasteiger partial charge in [-0.2, -0.15) is 31.3 Å². The van der Waals surface area contributed by atoms with Crippen LogP contribution >= 0.6 is 7.60 Å². The number of nitrogens with zero attached hydrogens (tertiary/aromatic N) is 4. The Morgan fingerprint density at radius 1 is 1.05 bits per heavy atom. The zero-order chi connectivity index (χ0) is 28.1. The van der Waals surface area contributed by atoms with Crippen molar-refractivity contribution in [3.8, 4) is 0 Å². The Morgan fingerprint density at radius 3 is 2.08 bits per heavy atom. The van der Waals surface area contributed by atoms with E-state index in [4.69, 9.17) is 4.74 Å². The molecule has 1 aromatic heterocycles. The van der Waals surface area contributed by atoms with Crippen molar-refractivity contribution in [2.45, 2.75) is 58.4 Å². The summed E-state index contributed by atoms with van der Waals surface area (Å²) in [5.41, 5.74) is -0.935. The zero-order valence-electron chi connectivity index (χ0n) is 20.4. The molecule has 0 atom stereocenters. The predicted octanol–water partition coefficient (Wildman–Crippen LogP) is 5.27. The third-order valence-corrected chi connectivity index (χ3v) is 5.99. The van der Waals surface area contributed by atoms with Crippen molar-refractivity contribution < 1.29 is 49.1 Å². The Balaban J connectivity index is 2.79. The van der Waals surface area contributed by atoms with Gasteiger partial charge in [0, 0.05) is 19.3 Å². The van der Waals surface area contributed by atoms with E-state index in [0.29, 0.717) is 13.1 Å². The summed E-state index contributed by atoms with van der Waals surface area (Å²) >= 11 is 0. The van der Waals surface area contributed by atoms with Crippen LogP contribution in [0.15, 0.2) is 16.0 Å². The van der Waals surface area contributed by atoms with Crippen molar-refractivity contribution in [2.24, 2.45) is 4.99 Å². The van der Waals surface area contributed by atoms with E-state index in [1.54, 1.807) is 0 Å². The SMILES string of the molecule is CCCCN(C=Nc1nc(=O)n(CCOCP(=O)(OCC(F)(F)F)OCC(F)(F)F)cc1F)CCCC. The summed E-state index contributed by atoms with van der Waals surface area (Å²) in [5, 5.41) is 0. The highest BCUT2D eigenvalue weighted by Crippen LogP contribution is 2.50. The van der Waals surface area contributed by atoms with Crippen LogP contribution in [0.5, 0.6) is 0 Å². The van der Waals surface area contributed by atoms with Gasteiger partial charge in [0.15, 0.2) is 24.8 Å². The standard InChI is InChI=1S/C20H30F7N4O5P/c1-3-5-7-30(8-6-4-2)14-28-17-16(21)11-31(18(32)29-17)9-10-34-15-37(33,35-12-19(22,23)24)36-13-20(25,26)27/h11,14H,3-10,12-13,15H2,1-2H3. The van der Waals surface area contributed by atoms with Crippen LogP contribution in [0, 0.1) is 5.82 Å². The van der Waals surface area contributed by atoms with Crippen molar-refractivity contribution >= 4 is 19.8 Å². The molecule has 0 bridgehead atoms. The summed E-state index contributed by atoms with van der Waals surface area (Å²) in [6, 6.07) is 0. The number of alkyl halides is 6. The van der Waals surface area contributed by atoms with Gasteiger partial charge in [-0.1, -0.05) is 26.7 Å². The number of unbranched alkanes of at least 4 members (excludes halogenated alkanes) is 2. The van der Waals surface area contributed by atoms with Gasteiger partial charge in [0.25, 0.3) is 0 Å². The number of aliphatic imine (C=N–C) groups is 1. The maximum Gasteiger partial charge on any atom is 0.412 e. The minimum Gasteiger partial charge on any atom is -0.367 e. The molecule has 9 nitrogen and oxygen atoms in total. The number of rotatable bonds is 17. The van der Waals surface area contributed by atoms with Gasteiger partial charge in [0.05, 0.1) is 19.5 Å². The molecule has 37 heavy (non-hydrogen) atoms. The van der Waals surface area contributed by atoms with Crippen LogP contribution in [-0.2, 0) is 24.9 Å².